The summed E-state index contributed by atoms with van der Waals surface area (Å²) in [7, 11) is 0. The maximum absolute atomic E-state index is 12.2. The first-order valence-corrected chi connectivity index (χ1v) is 7.40. The Morgan fingerprint density at radius 2 is 1.75 bits per heavy atom. The van der Waals surface area contributed by atoms with Gasteiger partial charge in [-0.3, -0.25) is 0 Å². The number of nitrogens with zero attached hydrogens (tertiary/aromatic N) is 2. The summed E-state index contributed by atoms with van der Waals surface area (Å²) in [5.41, 5.74) is 3.79. The lowest BCUT2D eigenvalue weighted by molar-refractivity contribution is 0.262. The van der Waals surface area contributed by atoms with Gasteiger partial charge in [0.05, 0.1) is 5.69 Å². The number of para-hydroxylation sites is 1. The molecule has 0 atom stereocenters. The van der Waals surface area contributed by atoms with Crippen LogP contribution in [0.25, 0.3) is 22.2 Å². The number of anilines is 2. The van der Waals surface area contributed by atoms with Crippen molar-refractivity contribution >= 4 is 39.6 Å². The Bertz CT molecular complexity index is 1060. The highest BCUT2D eigenvalue weighted by Crippen LogP contribution is 2.24. The fraction of sp³-hybridized carbons (Fsp3) is 0.118. The molecule has 0 aliphatic rings. The Morgan fingerprint density at radius 1 is 0.958 bits per heavy atom. The Labute approximate surface area is 136 Å². The Hall–Kier alpha value is -3.35. The van der Waals surface area contributed by atoms with Gasteiger partial charge in [0.1, 0.15) is 11.0 Å². The third kappa shape index (κ3) is 2.56. The van der Waals surface area contributed by atoms with Gasteiger partial charge < -0.3 is 19.5 Å². The molecule has 120 valence electrons. The standard InChI is InChI=1S/C17H14N4O3/c1-9-18-12-7-6-11(8-15(12)23-9)20-17(22)21-14-5-3-4-13-16(14)24-10(2)19-13/h3-8H,1-2H3,(H2,20,21,22). The maximum Gasteiger partial charge on any atom is 0.323 e. The number of rotatable bonds is 2. The van der Waals surface area contributed by atoms with Crippen molar-refractivity contribution in [3.63, 3.8) is 0 Å². The number of carbonyl (C=O) groups excluding carboxylic acids is 1. The highest BCUT2D eigenvalue weighted by Gasteiger charge is 2.11. The second-order valence-electron chi connectivity index (χ2n) is 5.38. The average molecular weight is 322 g/mol. The monoisotopic (exact) mass is 322 g/mol. The van der Waals surface area contributed by atoms with Gasteiger partial charge in [0, 0.05) is 25.6 Å². The zero-order valence-electron chi connectivity index (χ0n) is 13.1. The molecule has 0 aliphatic heterocycles. The van der Waals surface area contributed by atoms with Crippen LogP contribution in [0, 0.1) is 13.8 Å². The first-order chi connectivity index (χ1) is 11.6. The minimum Gasteiger partial charge on any atom is -0.441 e. The topological polar surface area (TPSA) is 93.2 Å². The predicted octanol–water partition coefficient (Wildman–Crippen LogP) is 4.23. The van der Waals surface area contributed by atoms with Crippen molar-refractivity contribution in [2.75, 3.05) is 10.6 Å². The molecule has 0 saturated carbocycles. The molecule has 0 radical (unpaired) electrons. The first kappa shape index (κ1) is 14.3. The van der Waals surface area contributed by atoms with E-state index in [1.165, 1.54) is 0 Å². The molecule has 2 amide bonds. The number of carbonyl (C=O) groups is 1. The molecular formula is C17H14N4O3. The average Bonchev–Trinajstić information content (AvgIpc) is 3.08. The van der Waals surface area contributed by atoms with E-state index in [1.807, 2.05) is 12.1 Å². The summed E-state index contributed by atoms with van der Waals surface area (Å²) < 4.78 is 11.0. The highest BCUT2D eigenvalue weighted by atomic mass is 16.4. The van der Waals surface area contributed by atoms with Crippen LogP contribution in [0.15, 0.2) is 45.2 Å². The first-order valence-electron chi connectivity index (χ1n) is 7.40. The molecule has 0 spiro atoms. The van der Waals surface area contributed by atoms with Crippen LogP contribution in [-0.4, -0.2) is 16.0 Å². The van der Waals surface area contributed by atoms with Crippen LogP contribution in [0.4, 0.5) is 16.2 Å². The highest BCUT2D eigenvalue weighted by molar-refractivity contribution is 6.04. The minimum atomic E-state index is -0.382. The van der Waals surface area contributed by atoms with Crippen LogP contribution in [0.3, 0.4) is 0 Å². The SMILES string of the molecule is Cc1nc2ccc(NC(=O)Nc3cccc4nc(C)oc34)cc2o1. The largest absolute Gasteiger partial charge is 0.441 e. The summed E-state index contributed by atoms with van der Waals surface area (Å²) >= 11 is 0. The summed E-state index contributed by atoms with van der Waals surface area (Å²) in [4.78, 5) is 20.7. The zero-order valence-corrected chi connectivity index (χ0v) is 13.1. The number of aryl methyl sites for hydroxylation is 2. The third-order valence-electron chi connectivity index (χ3n) is 3.52. The molecular weight excluding hydrogens is 308 g/mol. The molecule has 4 rings (SSSR count). The summed E-state index contributed by atoms with van der Waals surface area (Å²) in [6, 6.07) is 10.3. The van der Waals surface area contributed by atoms with Crippen LogP contribution in [0.2, 0.25) is 0 Å². The van der Waals surface area contributed by atoms with Gasteiger partial charge in [-0.05, 0) is 24.3 Å². The Balaban J connectivity index is 1.56. The zero-order chi connectivity index (χ0) is 16.7. The van der Waals surface area contributed by atoms with Crippen LogP contribution < -0.4 is 10.6 Å². The number of hydrogen-bond donors (Lipinski definition) is 2. The van der Waals surface area contributed by atoms with E-state index in [4.69, 9.17) is 8.83 Å². The van der Waals surface area contributed by atoms with Gasteiger partial charge in [-0.15, -0.1) is 0 Å². The minimum absolute atomic E-state index is 0.382. The molecule has 0 bridgehead atoms. The van der Waals surface area contributed by atoms with E-state index in [9.17, 15) is 4.79 Å². The van der Waals surface area contributed by atoms with Crippen LogP contribution in [0.1, 0.15) is 11.8 Å². The molecule has 2 aromatic heterocycles. The van der Waals surface area contributed by atoms with Crippen molar-refractivity contribution in [3.05, 3.63) is 48.2 Å². The second-order valence-corrected chi connectivity index (χ2v) is 5.38. The maximum atomic E-state index is 12.2. The number of oxazole rings is 2. The molecule has 0 unspecified atom stereocenters. The summed E-state index contributed by atoms with van der Waals surface area (Å²) in [5, 5.41) is 5.53. The number of hydrogen-bond acceptors (Lipinski definition) is 5. The molecule has 0 fully saturated rings. The van der Waals surface area contributed by atoms with Gasteiger partial charge in [0.25, 0.3) is 0 Å². The number of benzene rings is 2. The van der Waals surface area contributed by atoms with Gasteiger partial charge in [-0.25, -0.2) is 14.8 Å². The molecule has 0 saturated heterocycles. The smallest absolute Gasteiger partial charge is 0.323 e. The molecule has 7 nitrogen and oxygen atoms in total. The molecule has 7 heteroatoms. The van der Waals surface area contributed by atoms with E-state index in [0.29, 0.717) is 39.8 Å². The van der Waals surface area contributed by atoms with E-state index in [0.717, 1.165) is 5.52 Å². The molecule has 2 heterocycles. The second kappa shape index (κ2) is 5.38. The molecule has 0 aliphatic carbocycles. The van der Waals surface area contributed by atoms with Gasteiger partial charge in [0.15, 0.2) is 22.9 Å². The Morgan fingerprint density at radius 3 is 2.62 bits per heavy atom. The number of aromatic nitrogens is 2. The molecule has 2 N–H and O–H groups in total. The van der Waals surface area contributed by atoms with E-state index in [-0.39, 0.29) is 6.03 Å². The summed E-state index contributed by atoms with van der Waals surface area (Å²) in [6.45, 7) is 3.54. The predicted molar refractivity (Wildman–Crippen MR) is 90.1 cm³/mol. The van der Waals surface area contributed by atoms with Crippen LogP contribution >= 0.6 is 0 Å². The van der Waals surface area contributed by atoms with Crippen molar-refractivity contribution in [3.8, 4) is 0 Å². The summed E-state index contributed by atoms with van der Waals surface area (Å²) in [6.07, 6.45) is 0. The summed E-state index contributed by atoms with van der Waals surface area (Å²) in [5.74, 6) is 1.13. The number of nitrogens with one attached hydrogen (secondary N) is 2. The van der Waals surface area contributed by atoms with Crippen molar-refractivity contribution in [1.82, 2.24) is 9.97 Å². The van der Waals surface area contributed by atoms with Crippen molar-refractivity contribution in [2.24, 2.45) is 0 Å². The fourth-order valence-electron chi connectivity index (χ4n) is 2.56. The van der Waals surface area contributed by atoms with E-state index >= 15 is 0 Å². The quantitative estimate of drug-likeness (QED) is 0.576. The lowest BCUT2D eigenvalue weighted by Crippen LogP contribution is -2.19. The van der Waals surface area contributed by atoms with E-state index < -0.39 is 0 Å². The normalized spacial score (nSPS) is 11.1. The van der Waals surface area contributed by atoms with E-state index in [2.05, 4.69) is 20.6 Å². The fourth-order valence-corrected chi connectivity index (χ4v) is 2.56. The van der Waals surface area contributed by atoms with Crippen molar-refractivity contribution < 1.29 is 13.6 Å². The number of urea groups is 1. The molecule has 24 heavy (non-hydrogen) atoms. The number of amides is 2. The van der Waals surface area contributed by atoms with Crippen molar-refractivity contribution in [1.29, 1.82) is 0 Å². The number of fused-ring (bicyclic) bond motifs is 2. The van der Waals surface area contributed by atoms with Gasteiger partial charge >= 0.3 is 6.03 Å². The van der Waals surface area contributed by atoms with Gasteiger partial charge in [-0.2, -0.15) is 0 Å². The third-order valence-corrected chi connectivity index (χ3v) is 3.52. The lowest BCUT2D eigenvalue weighted by Gasteiger charge is -2.07. The molecule has 2 aromatic carbocycles. The van der Waals surface area contributed by atoms with Crippen molar-refractivity contribution in [2.45, 2.75) is 13.8 Å². The van der Waals surface area contributed by atoms with Crippen LogP contribution in [0.5, 0.6) is 0 Å². The van der Waals surface area contributed by atoms with Gasteiger partial charge in [0.2, 0.25) is 0 Å². The molecule has 4 aromatic rings. The lowest BCUT2D eigenvalue weighted by atomic mass is 10.3. The Kier molecular flexibility index (Phi) is 3.19. The van der Waals surface area contributed by atoms with Crippen LogP contribution in [-0.2, 0) is 0 Å². The van der Waals surface area contributed by atoms with Gasteiger partial charge in [-0.1, -0.05) is 6.07 Å². The van der Waals surface area contributed by atoms with E-state index in [1.54, 1.807) is 38.1 Å².